The van der Waals surface area contributed by atoms with Crippen molar-refractivity contribution in [2.24, 2.45) is 5.92 Å². The van der Waals surface area contributed by atoms with E-state index in [4.69, 9.17) is 0 Å². The van der Waals surface area contributed by atoms with E-state index < -0.39 is 0 Å². The molecule has 1 fully saturated rings. The van der Waals surface area contributed by atoms with E-state index >= 15 is 0 Å². The lowest BCUT2D eigenvalue weighted by Gasteiger charge is -2.30. The molecule has 2 aromatic heterocycles. The maximum Gasteiger partial charge on any atom is 0.267 e. The normalized spacial score (nSPS) is 20.4. The van der Waals surface area contributed by atoms with E-state index in [9.17, 15) is 4.79 Å². The molecule has 20 heavy (non-hydrogen) atoms. The number of aromatic nitrogens is 1. The zero-order chi connectivity index (χ0) is 13.9. The number of fused-ring (bicyclic) bond motifs is 1. The Labute approximate surface area is 123 Å². The standard InChI is InChI=1S/C15H21N3OS/c1-11-3-2-6-18(10-11)7-5-16-15(19)13-9-14-12(17-13)4-8-20-14/h4,8-9,11,17H,2-3,5-7,10H2,1H3,(H,16,19)/t11-/m0/s1. The fourth-order valence-corrected chi connectivity index (χ4v) is 3.67. The SMILES string of the molecule is C[C@H]1CCCN(CCNC(=O)c2cc3sccc3[nH]2)C1. The molecule has 1 atom stereocenters. The first-order chi connectivity index (χ1) is 9.72. The van der Waals surface area contributed by atoms with Crippen LogP contribution in [0, 0.1) is 5.92 Å². The number of nitrogens with zero attached hydrogens (tertiary/aromatic N) is 1. The quantitative estimate of drug-likeness (QED) is 0.910. The van der Waals surface area contributed by atoms with Crippen molar-refractivity contribution in [3.63, 3.8) is 0 Å². The van der Waals surface area contributed by atoms with Gasteiger partial charge < -0.3 is 15.2 Å². The van der Waals surface area contributed by atoms with Gasteiger partial charge in [0.2, 0.25) is 0 Å². The van der Waals surface area contributed by atoms with Crippen molar-refractivity contribution >= 4 is 27.5 Å². The van der Waals surface area contributed by atoms with Crippen LogP contribution < -0.4 is 5.32 Å². The molecule has 3 rings (SSSR count). The fraction of sp³-hybridized carbons (Fsp3) is 0.533. The Hall–Kier alpha value is -1.33. The van der Waals surface area contributed by atoms with E-state index in [1.54, 1.807) is 11.3 Å². The average Bonchev–Trinajstić information content (AvgIpc) is 2.99. The molecule has 0 bridgehead atoms. The number of piperidine rings is 1. The number of likely N-dealkylation sites (tertiary alicyclic amines) is 1. The smallest absolute Gasteiger partial charge is 0.267 e. The average molecular weight is 291 g/mol. The minimum absolute atomic E-state index is 0.00143. The first-order valence-corrected chi connectivity index (χ1v) is 8.17. The number of H-pyrrole nitrogens is 1. The van der Waals surface area contributed by atoms with Crippen LogP contribution in [-0.4, -0.2) is 42.0 Å². The van der Waals surface area contributed by atoms with Crippen LogP contribution in [0.25, 0.3) is 10.2 Å². The van der Waals surface area contributed by atoms with Crippen molar-refractivity contribution in [2.45, 2.75) is 19.8 Å². The molecule has 1 amide bonds. The molecule has 0 spiro atoms. The number of rotatable bonds is 4. The van der Waals surface area contributed by atoms with Gasteiger partial charge in [-0.2, -0.15) is 0 Å². The molecule has 1 saturated heterocycles. The van der Waals surface area contributed by atoms with Crippen molar-refractivity contribution in [2.75, 3.05) is 26.2 Å². The third-order valence-electron chi connectivity index (χ3n) is 3.94. The van der Waals surface area contributed by atoms with Gasteiger partial charge in [0, 0.05) is 19.6 Å². The monoisotopic (exact) mass is 291 g/mol. The summed E-state index contributed by atoms with van der Waals surface area (Å²) < 4.78 is 1.14. The summed E-state index contributed by atoms with van der Waals surface area (Å²) in [6, 6.07) is 3.93. The molecule has 0 aliphatic carbocycles. The highest BCUT2D eigenvalue weighted by Gasteiger charge is 2.16. The molecule has 2 aromatic rings. The summed E-state index contributed by atoms with van der Waals surface area (Å²) in [7, 11) is 0. The molecule has 0 unspecified atom stereocenters. The third kappa shape index (κ3) is 3.04. The first-order valence-electron chi connectivity index (χ1n) is 7.29. The molecular formula is C15H21N3OS. The summed E-state index contributed by atoms with van der Waals surface area (Å²) >= 11 is 1.65. The van der Waals surface area contributed by atoms with Gasteiger partial charge in [-0.25, -0.2) is 0 Å². The third-order valence-corrected chi connectivity index (χ3v) is 4.80. The lowest BCUT2D eigenvalue weighted by Crippen LogP contribution is -2.40. The molecule has 4 nitrogen and oxygen atoms in total. The minimum atomic E-state index is -0.00143. The van der Waals surface area contributed by atoms with Gasteiger partial charge in [-0.15, -0.1) is 11.3 Å². The number of thiophene rings is 1. The van der Waals surface area contributed by atoms with E-state index in [-0.39, 0.29) is 5.91 Å². The second kappa shape index (κ2) is 5.97. The molecule has 108 valence electrons. The zero-order valence-electron chi connectivity index (χ0n) is 11.8. The summed E-state index contributed by atoms with van der Waals surface area (Å²) in [5, 5.41) is 5.03. The predicted octanol–water partition coefficient (Wildman–Crippen LogP) is 2.69. The van der Waals surface area contributed by atoms with E-state index in [1.165, 1.54) is 19.4 Å². The van der Waals surface area contributed by atoms with Crippen molar-refractivity contribution in [1.29, 1.82) is 0 Å². The summed E-state index contributed by atoms with van der Waals surface area (Å²) in [6.45, 7) is 6.30. The van der Waals surface area contributed by atoms with Gasteiger partial charge >= 0.3 is 0 Å². The molecule has 0 aromatic carbocycles. The molecule has 0 radical (unpaired) electrons. The van der Waals surface area contributed by atoms with Crippen LogP contribution in [-0.2, 0) is 0 Å². The van der Waals surface area contributed by atoms with Gasteiger partial charge in [-0.1, -0.05) is 6.92 Å². The molecule has 1 aliphatic heterocycles. The predicted molar refractivity (Wildman–Crippen MR) is 83.3 cm³/mol. The van der Waals surface area contributed by atoms with Gasteiger partial charge in [0.25, 0.3) is 5.91 Å². The fourth-order valence-electron chi connectivity index (χ4n) is 2.88. The highest BCUT2D eigenvalue weighted by atomic mass is 32.1. The van der Waals surface area contributed by atoms with Crippen molar-refractivity contribution in [3.8, 4) is 0 Å². The summed E-state index contributed by atoms with van der Waals surface area (Å²) in [6.07, 6.45) is 2.62. The van der Waals surface area contributed by atoms with Crippen molar-refractivity contribution in [1.82, 2.24) is 15.2 Å². The maximum absolute atomic E-state index is 12.1. The molecular weight excluding hydrogens is 270 g/mol. The van der Waals surface area contributed by atoms with Crippen LogP contribution in [0.4, 0.5) is 0 Å². The Morgan fingerprint density at radius 3 is 3.30 bits per heavy atom. The van der Waals surface area contributed by atoms with Crippen molar-refractivity contribution in [3.05, 3.63) is 23.2 Å². The molecule has 0 saturated carbocycles. The number of hydrogen-bond donors (Lipinski definition) is 2. The van der Waals surface area contributed by atoms with Crippen LogP contribution in [0.15, 0.2) is 17.5 Å². The summed E-state index contributed by atoms with van der Waals surface area (Å²) in [5.74, 6) is 0.785. The second-order valence-corrected chi connectivity index (χ2v) is 6.63. The Kier molecular flexibility index (Phi) is 4.08. The molecule has 1 aliphatic rings. The Bertz CT molecular complexity index is 560. The van der Waals surface area contributed by atoms with E-state index in [0.29, 0.717) is 5.69 Å². The van der Waals surface area contributed by atoms with Crippen LogP contribution in [0.2, 0.25) is 0 Å². The van der Waals surface area contributed by atoms with Gasteiger partial charge in [0.15, 0.2) is 0 Å². The van der Waals surface area contributed by atoms with E-state index in [2.05, 4.69) is 22.1 Å². The van der Waals surface area contributed by atoms with Crippen LogP contribution >= 0.6 is 11.3 Å². The van der Waals surface area contributed by atoms with Crippen LogP contribution in [0.3, 0.4) is 0 Å². The van der Waals surface area contributed by atoms with Crippen molar-refractivity contribution < 1.29 is 4.79 Å². The zero-order valence-corrected chi connectivity index (χ0v) is 12.6. The molecule has 2 N–H and O–H groups in total. The highest BCUT2D eigenvalue weighted by molar-refractivity contribution is 7.17. The number of carbonyl (C=O) groups is 1. The number of amides is 1. The van der Waals surface area contributed by atoms with Gasteiger partial charge in [0.05, 0.1) is 10.2 Å². The highest BCUT2D eigenvalue weighted by Crippen LogP contribution is 2.21. The maximum atomic E-state index is 12.1. The number of carbonyl (C=O) groups excluding carboxylic acids is 1. The van der Waals surface area contributed by atoms with Gasteiger partial charge in [0.1, 0.15) is 5.69 Å². The van der Waals surface area contributed by atoms with Crippen LogP contribution in [0.5, 0.6) is 0 Å². The summed E-state index contributed by atoms with van der Waals surface area (Å²) in [4.78, 5) is 17.7. The Morgan fingerprint density at radius 2 is 2.50 bits per heavy atom. The number of aromatic amines is 1. The minimum Gasteiger partial charge on any atom is -0.350 e. The Morgan fingerprint density at radius 1 is 1.60 bits per heavy atom. The lowest BCUT2D eigenvalue weighted by molar-refractivity contribution is 0.0939. The lowest BCUT2D eigenvalue weighted by atomic mass is 10.0. The Balaban J connectivity index is 1.48. The van der Waals surface area contributed by atoms with E-state index in [0.717, 1.165) is 35.8 Å². The first kappa shape index (κ1) is 13.6. The largest absolute Gasteiger partial charge is 0.350 e. The van der Waals surface area contributed by atoms with Gasteiger partial charge in [-0.05, 0) is 42.8 Å². The topological polar surface area (TPSA) is 48.1 Å². The summed E-state index contributed by atoms with van der Waals surface area (Å²) in [5.41, 5.74) is 1.71. The molecule has 5 heteroatoms. The number of nitrogens with one attached hydrogen (secondary N) is 2. The second-order valence-electron chi connectivity index (χ2n) is 5.69. The van der Waals surface area contributed by atoms with Crippen LogP contribution in [0.1, 0.15) is 30.3 Å². The van der Waals surface area contributed by atoms with E-state index in [1.807, 2.05) is 17.5 Å². The van der Waals surface area contributed by atoms with Gasteiger partial charge in [-0.3, -0.25) is 4.79 Å². The molecule has 3 heterocycles. The number of hydrogen-bond acceptors (Lipinski definition) is 3.